The molecule has 0 radical (unpaired) electrons. The molecule has 0 aliphatic carbocycles. The zero-order valence-corrected chi connectivity index (χ0v) is 9.99. The highest BCUT2D eigenvalue weighted by molar-refractivity contribution is 5.75. The van der Waals surface area contributed by atoms with Crippen molar-refractivity contribution in [2.75, 3.05) is 0 Å². The number of halogens is 7. The Morgan fingerprint density at radius 3 is 1.27 bits per heavy atom. The van der Waals surface area contributed by atoms with Gasteiger partial charge in [0, 0.05) is 0 Å². The van der Waals surface area contributed by atoms with Gasteiger partial charge in [-0.05, 0) is 0 Å². The molecule has 0 saturated heterocycles. The standard InChI is InChI=1S/C12H3F7O3/c13-3-1(5(15)11(21)12(22)8(3)18)2-4(14)6(16)7(17)9(19)10(2)20/h20-22H. The Hall–Kier alpha value is -2.65. The maximum Gasteiger partial charge on any atom is 0.205 e. The van der Waals surface area contributed by atoms with E-state index in [0.717, 1.165) is 0 Å². The lowest BCUT2D eigenvalue weighted by molar-refractivity contribution is 0.343. The summed E-state index contributed by atoms with van der Waals surface area (Å²) in [5.74, 6) is -22.5. The van der Waals surface area contributed by atoms with Crippen molar-refractivity contribution in [1.29, 1.82) is 0 Å². The van der Waals surface area contributed by atoms with Gasteiger partial charge in [0.25, 0.3) is 0 Å². The first-order valence-corrected chi connectivity index (χ1v) is 5.24. The van der Waals surface area contributed by atoms with E-state index < -0.39 is 69.1 Å². The summed E-state index contributed by atoms with van der Waals surface area (Å²) < 4.78 is 93.3. The lowest BCUT2D eigenvalue weighted by atomic mass is 10.0. The van der Waals surface area contributed by atoms with Crippen molar-refractivity contribution in [2.45, 2.75) is 0 Å². The molecule has 0 aliphatic rings. The average molecular weight is 328 g/mol. The number of hydrogen-bond acceptors (Lipinski definition) is 3. The molecule has 0 atom stereocenters. The second kappa shape index (κ2) is 4.97. The third-order valence-corrected chi connectivity index (χ3v) is 2.76. The van der Waals surface area contributed by atoms with E-state index in [0.29, 0.717) is 0 Å². The van der Waals surface area contributed by atoms with E-state index in [-0.39, 0.29) is 0 Å². The van der Waals surface area contributed by atoms with Crippen LogP contribution in [0.4, 0.5) is 30.7 Å². The molecular weight excluding hydrogens is 325 g/mol. The maximum absolute atomic E-state index is 13.7. The van der Waals surface area contributed by atoms with Gasteiger partial charge in [0.2, 0.25) is 17.5 Å². The van der Waals surface area contributed by atoms with Gasteiger partial charge in [-0.3, -0.25) is 0 Å². The minimum Gasteiger partial charge on any atom is -0.504 e. The van der Waals surface area contributed by atoms with Gasteiger partial charge in [0.05, 0.1) is 11.1 Å². The van der Waals surface area contributed by atoms with Gasteiger partial charge < -0.3 is 15.3 Å². The smallest absolute Gasteiger partial charge is 0.205 e. The molecule has 22 heavy (non-hydrogen) atoms. The molecule has 3 N–H and O–H groups in total. The van der Waals surface area contributed by atoms with Crippen molar-refractivity contribution in [1.82, 2.24) is 0 Å². The van der Waals surface area contributed by atoms with Gasteiger partial charge in [-0.1, -0.05) is 0 Å². The van der Waals surface area contributed by atoms with Crippen LogP contribution in [0.25, 0.3) is 11.1 Å². The van der Waals surface area contributed by atoms with Crippen LogP contribution >= 0.6 is 0 Å². The molecule has 2 aromatic rings. The molecule has 10 heteroatoms. The van der Waals surface area contributed by atoms with E-state index in [2.05, 4.69) is 0 Å². The van der Waals surface area contributed by atoms with Gasteiger partial charge in [-0.2, -0.15) is 8.78 Å². The summed E-state index contributed by atoms with van der Waals surface area (Å²) in [6.07, 6.45) is 0. The Morgan fingerprint density at radius 2 is 0.727 bits per heavy atom. The van der Waals surface area contributed by atoms with Crippen LogP contribution in [0, 0.1) is 40.7 Å². The summed E-state index contributed by atoms with van der Waals surface area (Å²) in [5, 5.41) is 27.1. The number of rotatable bonds is 1. The van der Waals surface area contributed by atoms with Crippen molar-refractivity contribution < 1.29 is 46.1 Å². The summed E-state index contributed by atoms with van der Waals surface area (Å²) >= 11 is 0. The van der Waals surface area contributed by atoms with Crippen LogP contribution in [0.3, 0.4) is 0 Å². The summed E-state index contributed by atoms with van der Waals surface area (Å²) in [7, 11) is 0. The highest BCUT2D eigenvalue weighted by Crippen LogP contribution is 2.45. The summed E-state index contributed by atoms with van der Waals surface area (Å²) in [6, 6.07) is 0. The van der Waals surface area contributed by atoms with Gasteiger partial charge in [0.15, 0.2) is 40.5 Å². The Balaban J connectivity index is 3.03. The molecular formula is C12H3F7O3. The number of aromatic hydroxyl groups is 3. The lowest BCUT2D eigenvalue weighted by Crippen LogP contribution is -2.04. The van der Waals surface area contributed by atoms with E-state index in [9.17, 15) is 35.8 Å². The van der Waals surface area contributed by atoms with Crippen LogP contribution in [0.5, 0.6) is 17.2 Å². The average Bonchev–Trinajstić information content (AvgIpc) is 2.50. The van der Waals surface area contributed by atoms with E-state index >= 15 is 0 Å². The Kier molecular flexibility index (Phi) is 3.55. The number of phenolic OH excluding ortho intramolecular Hbond substituents is 3. The second-order valence-electron chi connectivity index (χ2n) is 3.99. The van der Waals surface area contributed by atoms with Crippen molar-refractivity contribution in [3.8, 4) is 28.4 Å². The predicted octanol–water partition coefficient (Wildman–Crippen LogP) is 3.44. The van der Waals surface area contributed by atoms with Crippen LogP contribution in [-0.2, 0) is 0 Å². The molecule has 0 amide bonds. The van der Waals surface area contributed by atoms with Crippen LogP contribution in [0.1, 0.15) is 0 Å². The van der Waals surface area contributed by atoms with Crippen molar-refractivity contribution in [3.63, 3.8) is 0 Å². The first kappa shape index (κ1) is 15.7. The lowest BCUT2D eigenvalue weighted by Gasteiger charge is -2.13. The fourth-order valence-electron chi connectivity index (χ4n) is 1.70. The monoisotopic (exact) mass is 328 g/mol. The highest BCUT2D eigenvalue weighted by Gasteiger charge is 2.33. The van der Waals surface area contributed by atoms with E-state index in [1.807, 2.05) is 0 Å². The molecule has 2 aromatic carbocycles. The van der Waals surface area contributed by atoms with Gasteiger partial charge in [-0.25, -0.2) is 22.0 Å². The minimum atomic E-state index is -2.53. The molecule has 0 bridgehead atoms. The Bertz CT molecular complexity index is 679. The largest absolute Gasteiger partial charge is 0.504 e. The van der Waals surface area contributed by atoms with Gasteiger partial charge in [-0.15, -0.1) is 0 Å². The number of hydrogen-bond donors (Lipinski definition) is 3. The van der Waals surface area contributed by atoms with Crippen molar-refractivity contribution in [3.05, 3.63) is 40.7 Å². The molecule has 0 spiro atoms. The van der Waals surface area contributed by atoms with Crippen LogP contribution < -0.4 is 0 Å². The van der Waals surface area contributed by atoms with Crippen molar-refractivity contribution in [2.24, 2.45) is 0 Å². The maximum atomic E-state index is 13.7. The Labute approximate surface area is 116 Å². The number of benzene rings is 2. The summed E-state index contributed by atoms with van der Waals surface area (Å²) in [4.78, 5) is 0. The van der Waals surface area contributed by atoms with Crippen molar-refractivity contribution >= 4 is 0 Å². The normalized spacial score (nSPS) is 11.0. The summed E-state index contributed by atoms with van der Waals surface area (Å²) in [6.45, 7) is 0. The molecule has 0 saturated carbocycles. The molecule has 0 aromatic heterocycles. The van der Waals surface area contributed by atoms with Gasteiger partial charge >= 0.3 is 0 Å². The highest BCUT2D eigenvalue weighted by atomic mass is 19.2. The Morgan fingerprint density at radius 1 is 0.364 bits per heavy atom. The fraction of sp³-hybridized carbons (Fsp3) is 0. The third-order valence-electron chi connectivity index (χ3n) is 2.76. The molecule has 2 rings (SSSR count). The van der Waals surface area contributed by atoms with Crippen LogP contribution in [0.15, 0.2) is 0 Å². The molecule has 3 nitrogen and oxygen atoms in total. The quantitative estimate of drug-likeness (QED) is 0.325. The topological polar surface area (TPSA) is 60.7 Å². The first-order chi connectivity index (χ1) is 10.1. The molecule has 0 aliphatic heterocycles. The van der Waals surface area contributed by atoms with E-state index in [1.165, 1.54) is 0 Å². The SMILES string of the molecule is Oc1c(O)c(F)c(-c2c(O)c(F)c(F)c(F)c2F)c(F)c1F. The minimum absolute atomic E-state index is 1.89. The first-order valence-electron chi connectivity index (χ1n) is 5.24. The van der Waals surface area contributed by atoms with E-state index in [4.69, 9.17) is 10.2 Å². The molecule has 0 unspecified atom stereocenters. The molecule has 0 fully saturated rings. The second-order valence-corrected chi connectivity index (χ2v) is 3.99. The number of phenols is 3. The van der Waals surface area contributed by atoms with Crippen LogP contribution in [0.2, 0.25) is 0 Å². The zero-order chi connectivity index (χ0) is 16.9. The predicted molar refractivity (Wildman–Crippen MR) is 56.6 cm³/mol. The third kappa shape index (κ3) is 1.90. The van der Waals surface area contributed by atoms with Crippen LogP contribution in [-0.4, -0.2) is 15.3 Å². The molecule has 118 valence electrons. The van der Waals surface area contributed by atoms with E-state index in [1.54, 1.807) is 0 Å². The zero-order valence-electron chi connectivity index (χ0n) is 9.99. The molecule has 0 heterocycles. The fourth-order valence-corrected chi connectivity index (χ4v) is 1.70. The summed E-state index contributed by atoms with van der Waals surface area (Å²) in [5.41, 5.74) is -3.83. The van der Waals surface area contributed by atoms with Gasteiger partial charge in [0.1, 0.15) is 0 Å².